The van der Waals surface area contributed by atoms with Crippen molar-refractivity contribution >= 4 is 15.7 Å². The van der Waals surface area contributed by atoms with Crippen molar-refractivity contribution in [2.75, 3.05) is 18.5 Å². The summed E-state index contributed by atoms with van der Waals surface area (Å²) in [6, 6.07) is 13.4. The van der Waals surface area contributed by atoms with Gasteiger partial charge in [-0.15, -0.1) is 0 Å². The van der Waals surface area contributed by atoms with Crippen LogP contribution < -0.4 is 13.8 Å². The average Bonchev–Trinajstić information content (AvgIpc) is 2.62. The molecule has 0 radical (unpaired) electrons. The van der Waals surface area contributed by atoms with Crippen LogP contribution in [-0.2, 0) is 10.0 Å². The number of rotatable bonds is 8. The number of benzene rings is 2. The highest BCUT2D eigenvalue weighted by Gasteiger charge is 2.29. The molecule has 5 nitrogen and oxygen atoms in total. The minimum absolute atomic E-state index is 0.162. The van der Waals surface area contributed by atoms with Gasteiger partial charge in [0.05, 0.1) is 24.8 Å². The van der Waals surface area contributed by atoms with Crippen LogP contribution in [0.5, 0.6) is 11.5 Å². The molecule has 1 atom stereocenters. The van der Waals surface area contributed by atoms with Crippen LogP contribution in [0.25, 0.3) is 0 Å². The highest BCUT2D eigenvalue weighted by molar-refractivity contribution is 7.92. The van der Waals surface area contributed by atoms with Gasteiger partial charge in [0.25, 0.3) is 10.0 Å². The third-order valence-corrected chi connectivity index (χ3v) is 6.01. The van der Waals surface area contributed by atoms with Crippen LogP contribution in [0, 0.1) is 0 Å². The summed E-state index contributed by atoms with van der Waals surface area (Å²) in [6.45, 7) is 3.97. The van der Waals surface area contributed by atoms with Gasteiger partial charge in [-0.2, -0.15) is 0 Å². The lowest BCUT2D eigenvalue weighted by Gasteiger charge is -2.30. The lowest BCUT2D eigenvalue weighted by atomic mass is 10.2. The predicted octanol–water partition coefficient (Wildman–Crippen LogP) is 4.09. The molecular formula is C19H25NO4S. The Kier molecular flexibility index (Phi) is 6.31. The maximum absolute atomic E-state index is 13.3. The highest BCUT2D eigenvalue weighted by atomic mass is 32.2. The van der Waals surface area contributed by atoms with Crippen LogP contribution in [0.15, 0.2) is 53.4 Å². The maximum atomic E-state index is 13.3. The van der Waals surface area contributed by atoms with Gasteiger partial charge in [-0.25, -0.2) is 8.42 Å². The molecule has 0 aliphatic rings. The zero-order valence-electron chi connectivity index (χ0n) is 15.1. The van der Waals surface area contributed by atoms with E-state index in [1.165, 1.54) is 4.31 Å². The van der Waals surface area contributed by atoms with Gasteiger partial charge in [-0.05, 0) is 61.9 Å². The second-order valence-electron chi connectivity index (χ2n) is 5.81. The number of methoxy groups -OCH3 is 2. The number of sulfonamides is 1. The normalized spacial score (nSPS) is 12.5. The summed E-state index contributed by atoms with van der Waals surface area (Å²) in [6.07, 6.45) is 1.66. The maximum Gasteiger partial charge on any atom is 0.264 e. The second kappa shape index (κ2) is 8.25. The summed E-state index contributed by atoms with van der Waals surface area (Å²) in [4.78, 5) is 0.243. The minimum atomic E-state index is -3.68. The summed E-state index contributed by atoms with van der Waals surface area (Å²) in [5, 5.41) is 0. The Morgan fingerprint density at radius 1 is 0.920 bits per heavy atom. The van der Waals surface area contributed by atoms with Crippen LogP contribution in [0.4, 0.5) is 5.69 Å². The smallest absolute Gasteiger partial charge is 0.264 e. The van der Waals surface area contributed by atoms with E-state index in [1.807, 2.05) is 13.8 Å². The monoisotopic (exact) mass is 363 g/mol. The van der Waals surface area contributed by atoms with E-state index >= 15 is 0 Å². The van der Waals surface area contributed by atoms with Crippen molar-refractivity contribution in [1.29, 1.82) is 0 Å². The van der Waals surface area contributed by atoms with Gasteiger partial charge in [0.15, 0.2) is 0 Å². The van der Waals surface area contributed by atoms with E-state index in [-0.39, 0.29) is 10.9 Å². The average molecular weight is 363 g/mol. The Hall–Kier alpha value is -2.21. The van der Waals surface area contributed by atoms with Gasteiger partial charge in [0.2, 0.25) is 0 Å². The van der Waals surface area contributed by atoms with Gasteiger partial charge >= 0.3 is 0 Å². The first kappa shape index (κ1) is 19.1. The molecular weight excluding hydrogens is 338 g/mol. The molecule has 0 saturated carbocycles. The molecule has 0 heterocycles. The van der Waals surface area contributed by atoms with E-state index in [0.717, 1.165) is 12.8 Å². The van der Waals surface area contributed by atoms with Crippen molar-refractivity contribution in [2.45, 2.75) is 37.6 Å². The van der Waals surface area contributed by atoms with E-state index in [4.69, 9.17) is 9.47 Å². The number of ether oxygens (including phenoxy) is 2. The molecule has 0 N–H and O–H groups in total. The van der Waals surface area contributed by atoms with Crippen LogP contribution in [-0.4, -0.2) is 28.7 Å². The number of hydrogen-bond acceptors (Lipinski definition) is 4. The van der Waals surface area contributed by atoms with Crippen molar-refractivity contribution in [3.63, 3.8) is 0 Å². The molecule has 25 heavy (non-hydrogen) atoms. The van der Waals surface area contributed by atoms with E-state index in [2.05, 4.69) is 0 Å². The number of anilines is 1. The molecule has 2 aromatic carbocycles. The van der Waals surface area contributed by atoms with Gasteiger partial charge in [0.1, 0.15) is 11.5 Å². The Bertz CT molecular complexity index is 770. The molecule has 0 amide bonds. The van der Waals surface area contributed by atoms with E-state index in [0.29, 0.717) is 17.2 Å². The third kappa shape index (κ3) is 4.25. The fourth-order valence-electron chi connectivity index (χ4n) is 2.76. The largest absolute Gasteiger partial charge is 0.497 e. The van der Waals surface area contributed by atoms with Crippen molar-refractivity contribution in [3.05, 3.63) is 48.5 Å². The summed E-state index contributed by atoms with van der Waals surface area (Å²) in [5.41, 5.74) is 0.623. The zero-order chi connectivity index (χ0) is 18.4. The van der Waals surface area contributed by atoms with E-state index in [9.17, 15) is 8.42 Å². The SMILES string of the molecule is CCCC(C)N(c1ccc(OC)cc1)S(=O)(=O)c1ccc(OC)cc1. The van der Waals surface area contributed by atoms with Gasteiger partial charge < -0.3 is 9.47 Å². The van der Waals surface area contributed by atoms with Crippen molar-refractivity contribution in [3.8, 4) is 11.5 Å². The van der Waals surface area contributed by atoms with E-state index < -0.39 is 10.0 Å². The van der Waals surface area contributed by atoms with Crippen LogP contribution in [0.1, 0.15) is 26.7 Å². The molecule has 136 valence electrons. The molecule has 0 aliphatic carbocycles. The summed E-state index contributed by atoms with van der Waals surface area (Å²) in [7, 11) is -0.547. The van der Waals surface area contributed by atoms with Crippen LogP contribution in [0.2, 0.25) is 0 Å². The summed E-state index contributed by atoms with van der Waals surface area (Å²) < 4.78 is 38.3. The minimum Gasteiger partial charge on any atom is -0.497 e. The Morgan fingerprint density at radius 3 is 1.84 bits per heavy atom. The lowest BCUT2D eigenvalue weighted by molar-refractivity contribution is 0.414. The quantitative estimate of drug-likeness (QED) is 0.709. The predicted molar refractivity (Wildman–Crippen MR) is 100 cm³/mol. The molecule has 0 aliphatic heterocycles. The van der Waals surface area contributed by atoms with Crippen LogP contribution in [0.3, 0.4) is 0 Å². The molecule has 0 aromatic heterocycles. The first-order valence-corrected chi connectivity index (χ1v) is 9.70. The lowest BCUT2D eigenvalue weighted by Crippen LogP contribution is -2.38. The van der Waals surface area contributed by atoms with Crippen molar-refractivity contribution in [1.82, 2.24) is 0 Å². The van der Waals surface area contributed by atoms with E-state index in [1.54, 1.807) is 62.8 Å². The molecule has 0 spiro atoms. The van der Waals surface area contributed by atoms with Gasteiger partial charge in [0, 0.05) is 6.04 Å². The molecule has 0 saturated heterocycles. The first-order chi connectivity index (χ1) is 11.9. The Morgan fingerprint density at radius 2 is 1.40 bits per heavy atom. The fraction of sp³-hybridized carbons (Fsp3) is 0.368. The van der Waals surface area contributed by atoms with Crippen molar-refractivity contribution in [2.24, 2.45) is 0 Å². The fourth-order valence-corrected chi connectivity index (χ4v) is 4.44. The first-order valence-electron chi connectivity index (χ1n) is 8.26. The van der Waals surface area contributed by atoms with Gasteiger partial charge in [-0.3, -0.25) is 4.31 Å². The highest BCUT2D eigenvalue weighted by Crippen LogP contribution is 2.30. The number of nitrogens with zero attached hydrogens (tertiary/aromatic N) is 1. The third-order valence-electron chi connectivity index (χ3n) is 4.05. The van der Waals surface area contributed by atoms with Gasteiger partial charge in [-0.1, -0.05) is 13.3 Å². The van der Waals surface area contributed by atoms with Crippen molar-refractivity contribution < 1.29 is 17.9 Å². The molecule has 1 unspecified atom stereocenters. The molecule has 2 aromatic rings. The zero-order valence-corrected chi connectivity index (χ0v) is 15.9. The number of hydrogen-bond donors (Lipinski definition) is 0. The Labute approximate surface area is 150 Å². The van der Waals surface area contributed by atoms with Crippen LogP contribution >= 0.6 is 0 Å². The molecule has 6 heteroatoms. The summed E-state index contributed by atoms with van der Waals surface area (Å²) in [5.74, 6) is 1.31. The standard InChI is InChI=1S/C19H25NO4S/c1-5-6-15(2)20(16-7-9-17(23-3)10-8-16)25(21,22)19-13-11-18(24-4)12-14-19/h7-15H,5-6H2,1-4H3. The molecule has 2 rings (SSSR count). The topological polar surface area (TPSA) is 55.8 Å². The molecule has 0 fully saturated rings. The molecule has 0 bridgehead atoms. The second-order valence-corrected chi connectivity index (χ2v) is 7.63. The Balaban J connectivity index is 2.48. The summed E-state index contributed by atoms with van der Waals surface area (Å²) >= 11 is 0.